The van der Waals surface area contributed by atoms with Gasteiger partial charge in [-0.1, -0.05) is 301 Å². The number of rotatable bonds is 65. The van der Waals surface area contributed by atoms with Gasteiger partial charge in [0.2, 0.25) is 0 Å². The van der Waals surface area contributed by atoms with Crippen molar-refractivity contribution < 1.29 is 42.1 Å². The highest BCUT2D eigenvalue weighted by Crippen LogP contribution is 2.43. The van der Waals surface area contributed by atoms with Crippen LogP contribution >= 0.6 is 7.82 Å². The zero-order valence-electron chi connectivity index (χ0n) is 53.4. The average molecular weight is 1140 g/mol. The third-order valence-electron chi connectivity index (χ3n) is 15.7. The molecule has 0 aliphatic carbocycles. The lowest BCUT2D eigenvalue weighted by Gasteiger charge is -2.24. The van der Waals surface area contributed by atoms with Crippen molar-refractivity contribution in [2.75, 3.05) is 47.5 Å². The van der Waals surface area contributed by atoms with Crippen LogP contribution in [0, 0.1) is 0 Å². The molecule has 0 aromatic carbocycles. The molecule has 10 heteroatoms. The number of esters is 2. The van der Waals surface area contributed by atoms with Crippen molar-refractivity contribution in [3.8, 4) is 0 Å². The van der Waals surface area contributed by atoms with Crippen LogP contribution in [-0.2, 0) is 32.7 Å². The lowest BCUT2D eigenvalue weighted by molar-refractivity contribution is -0.870. The molecular weight excluding hydrogens is 1000 g/mol. The maximum Gasteiger partial charge on any atom is 0.472 e. The number of unbranched alkanes of at least 4 members (excludes halogenated alkanes) is 47. The first-order valence-corrected chi connectivity index (χ1v) is 36.1. The summed E-state index contributed by atoms with van der Waals surface area (Å²) >= 11 is 0. The first-order chi connectivity index (χ1) is 38.5. The molecule has 0 bridgehead atoms. The fourth-order valence-corrected chi connectivity index (χ4v) is 11.1. The van der Waals surface area contributed by atoms with E-state index in [1.165, 1.54) is 270 Å². The summed E-state index contributed by atoms with van der Waals surface area (Å²) in [5, 5.41) is 0. The van der Waals surface area contributed by atoms with E-state index in [-0.39, 0.29) is 32.0 Å². The van der Waals surface area contributed by atoms with Crippen LogP contribution in [0.3, 0.4) is 0 Å². The first kappa shape index (κ1) is 77.5. The molecule has 1 N–H and O–H groups in total. The minimum atomic E-state index is -4.39. The Hall–Kier alpha value is -1.51. The van der Waals surface area contributed by atoms with Crippen LogP contribution in [0.5, 0.6) is 0 Å². The number of allylic oxidation sites excluding steroid dienone is 4. The molecular formula is C69H135NO8P+. The van der Waals surface area contributed by atoms with Gasteiger partial charge >= 0.3 is 19.8 Å². The van der Waals surface area contributed by atoms with Gasteiger partial charge in [-0.15, -0.1) is 0 Å². The van der Waals surface area contributed by atoms with E-state index in [1.54, 1.807) is 0 Å². The minimum absolute atomic E-state index is 0.0336. The van der Waals surface area contributed by atoms with Gasteiger partial charge in [0.05, 0.1) is 27.7 Å². The normalized spacial score (nSPS) is 13.2. The van der Waals surface area contributed by atoms with Crippen LogP contribution in [0.1, 0.15) is 354 Å². The van der Waals surface area contributed by atoms with Gasteiger partial charge in [0.15, 0.2) is 6.10 Å². The Morgan fingerprint density at radius 2 is 0.646 bits per heavy atom. The molecule has 0 radical (unpaired) electrons. The number of nitrogens with zero attached hydrogens (tertiary/aromatic N) is 1. The van der Waals surface area contributed by atoms with Gasteiger partial charge in [-0.3, -0.25) is 18.6 Å². The van der Waals surface area contributed by atoms with Crippen molar-refractivity contribution in [1.29, 1.82) is 0 Å². The Labute approximate surface area is 491 Å². The topological polar surface area (TPSA) is 108 Å². The number of carbonyl (C=O) groups is 2. The zero-order chi connectivity index (χ0) is 57.7. The van der Waals surface area contributed by atoms with Crippen molar-refractivity contribution in [1.82, 2.24) is 0 Å². The Balaban J connectivity index is 3.87. The summed E-state index contributed by atoms with van der Waals surface area (Å²) in [7, 11) is 1.49. The summed E-state index contributed by atoms with van der Waals surface area (Å²) in [5.74, 6) is -0.788. The van der Waals surface area contributed by atoms with E-state index in [0.717, 1.165) is 51.4 Å². The largest absolute Gasteiger partial charge is 0.472 e. The maximum atomic E-state index is 12.8. The minimum Gasteiger partial charge on any atom is -0.462 e. The van der Waals surface area contributed by atoms with Crippen LogP contribution in [0.25, 0.3) is 0 Å². The molecule has 0 aromatic rings. The Kier molecular flexibility index (Phi) is 59.9. The molecule has 79 heavy (non-hydrogen) atoms. The second-order valence-electron chi connectivity index (χ2n) is 24.9. The van der Waals surface area contributed by atoms with Gasteiger partial charge in [-0.2, -0.15) is 0 Å². The van der Waals surface area contributed by atoms with Gasteiger partial charge < -0.3 is 18.9 Å². The van der Waals surface area contributed by atoms with E-state index in [2.05, 4.69) is 38.2 Å². The van der Waals surface area contributed by atoms with Crippen molar-refractivity contribution in [2.45, 2.75) is 360 Å². The molecule has 2 unspecified atom stereocenters. The number of phosphoric acid groups is 1. The van der Waals surface area contributed by atoms with E-state index in [4.69, 9.17) is 18.5 Å². The third kappa shape index (κ3) is 65.5. The standard InChI is InChI=1S/C69H134NO8P/c1-6-8-10-12-14-16-18-20-22-24-25-26-27-28-29-30-31-32-33-34-35-36-37-38-39-40-41-42-43-44-45-46-48-50-52-54-56-58-60-62-69(72)78-67(66-77-79(73,74)76-64-63-70(3,4)5)65-75-68(71)61-59-57-55-53-51-49-47-23-21-19-17-15-13-11-9-7-2/h23-25,47,67H,6-22,26-46,48-66H2,1-5H3/p+1/b25-24-,47-23-. The molecule has 0 saturated heterocycles. The van der Waals surface area contributed by atoms with Gasteiger partial charge in [0, 0.05) is 12.8 Å². The fourth-order valence-electron chi connectivity index (χ4n) is 10.4. The van der Waals surface area contributed by atoms with Crippen molar-refractivity contribution in [3.63, 3.8) is 0 Å². The summed E-state index contributed by atoms with van der Waals surface area (Å²) in [5.41, 5.74) is 0. The average Bonchev–Trinajstić information content (AvgIpc) is 3.41. The quantitative estimate of drug-likeness (QED) is 0.0211. The van der Waals surface area contributed by atoms with Crippen LogP contribution < -0.4 is 0 Å². The molecule has 0 fully saturated rings. The molecule has 0 aliphatic rings. The van der Waals surface area contributed by atoms with Crippen LogP contribution in [0.15, 0.2) is 24.3 Å². The summed E-state index contributed by atoms with van der Waals surface area (Å²) in [6, 6.07) is 0. The summed E-state index contributed by atoms with van der Waals surface area (Å²) in [4.78, 5) is 35.7. The molecule has 468 valence electrons. The van der Waals surface area contributed by atoms with E-state index < -0.39 is 26.5 Å². The lowest BCUT2D eigenvalue weighted by Crippen LogP contribution is -2.37. The van der Waals surface area contributed by atoms with E-state index in [0.29, 0.717) is 17.4 Å². The van der Waals surface area contributed by atoms with Gasteiger partial charge in [0.25, 0.3) is 0 Å². The molecule has 0 amide bonds. The SMILES string of the molecule is CCCCCCCCC/C=C\CCCCCCCC(=O)OCC(COP(=O)(O)OCC[N+](C)(C)C)OC(=O)CCCCCCCCCCCCCCCCCCCCCCCCCCCCC/C=C\CCCCCCCCCC. The van der Waals surface area contributed by atoms with Gasteiger partial charge in [-0.05, 0) is 64.2 Å². The Morgan fingerprint density at radius 3 is 0.937 bits per heavy atom. The Bertz CT molecular complexity index is 1380. The molecule has 0 aliphatic heterocycles. The second-order valence-corrected chi connectivity index (χ2v) is 26.4. The fraction of sp³-hybridized carbons (Fsp3) is 0.913. The van der Waals surface area contributed by atoms with E-state index in [9.17, 15) is 19.0 Å². The highest BCUT2D eigenvalue weighted by atomic mass is 31.2. The van der Waals surface area contributed by atoms with Crippen LogP contribution in [-0.4, -0.2) is 74.9 Å². The molecule has 9 nitrogen and oxygen atoms in total. The smallest absolute Gasteiger partial charge is 0.462 e. The first-order valence-electron chi connectivity index (χ1n) is 34.6. The summed E-state index contributed by atoms with van der Waals surface area (Å²) in [6.45, 7) is 4.48. The molecule has 0 saturated carbocycles. The van der Waals surface area contributed by atoms with E-state index in [1.807, 2.05) is 21.1 Å². The highest BCUT2D eigenvalue weighted by molar-refractivity contribution is 7.47. The molecule has 0 spiro atoms. The number of phosphoric ester groups is 1. The maximum absolute atomic E-state index is 12.8. The number of ether oxygens (including phenoxy) is 2. The van der Waals surface area contributed by atoms with Crippen molar-refractivity contribution in [2.24, 2.45) is 0 Å². The monoisotopic (exact) mass is 1140 g/mol. The predicted octanol–water partition coefficient (Wildman–Crippen LogP) is 22.1. The zero-order valence-corrected chi connectivity index (χ0v) is 54.3. The summed E-state index contributed by atoms with van der Waals surface area (Å²) < 4.78 is 34.6. The Morgan fingerprint density at radius 1 is 0.380 bits per heavy atom. The van der Waals surface area contributed by atoms with E-state index >= 15 is 0 Å². The number of likely N-dealkylation sites (N-methyl/N-ethyl adjacent to an activating group) is 1. The van der Waals surface area contributed by atoms with Gasteiger partial charge in [-0.25, -0.2) is 4.57 Å². The number of carbonyl (C=O) groups excluding carboxylic acids is 2. The summed E-state index contributed by atoms with van der Waals surface area (Å²) in [6.07, 6.45) is 75.9. The second kappa shape index (κ2) is 61.1. The predicted molar refractivity (Wildman–Crippen MR) is 340 cm³/mol. The molecule has 0 heterocycles. The lowest BCUT2D eigenvalue weighted by atomic mass is 10.0. The number of quaternary nitrogens is 1. The molecule has 2 atom stereocenters. The number of hydrogen-bond donors (Lipinski definition) is 1. The third-order valence-corrected chi connectivity index (χ3v) is 16.7. The van der Waals surface area contributed by atoms with Crippen LogP contribution in [0.2, 0.25) is 0 Å². The molecule has 0 aromatic heterocycles. The van der Waals surface area contributed by atoms with Crippen molar-refractivity contribution >= 4 is 19.8 Å². The van der Waals surface area contributed by atoms with Crippen molar-refractivity contribution in [3.05, 3.63) is 24.3 Å². The highest BCUT2D eigenvalue weighted by Gasteiger charge is 2.27. The number of hydrogen-bond acceptors (Lipinski definition) is 7. The molecule has 0 rings (SSSR count). The van der Waals surface area contributed by atoms with Crippen LogP contribution in [0.4, 0.5) is 0 Å². The van der Waals surface area contributed by atoms with Gasteiger partial charge in [0.1, 0.15) is 19.8 Å².